The fourth-order valence-electron chi connectivity index (χ4n) is 3.41. The van der Waals surface area contributed by atoms with E-state index in [-0.39, 0.29) is 16.9 Å². The van der Waals surface area contributed by atoms with Crippen molar-refractivity contribution in [1.82, 2.24) is 5.43 Å². The van der Waals surface area contributed by atoms with Gasteiger partial charge in [-0.1, -0.05) is 42.5 Å². The molecule has 0 spiro atoms. The maximum atomic E-state index is 12.7. The number of anilines is 2. The van der Waals surface area contributed by atoms with Crippen LogP contribution in [0.4, 0.5) is 17.1 Å². The summed E-state index contributed by atoms with van der Waals surface area (Å²) < 4.78 is 5.39. The number of nitrogens with one attached hydrogen (secondary N) is 2. The van der Waals surface area contributed by atoms with Crippen molar-refractivity contribution in [3.63, 3.8) is 0 Å². The molecule has 35 heavy (non-hydrogen) atoms. The van der Waals surface area contributed by atoms with E-state index < -0.39 is 34.9 Å². The Balaban J connectivity index is 1.50. The number of carbonyl (C=O) groups excluding carboxylic acids is 3. The molecule has 10 nitrogen and oxygen atoms in total. The zero-order chi connectivity index (χ0) is 24.9. The number of hydrazine groups is 1. The first-order valence-corrected chi connectivity index (χ1v) is 10.5. The van der Waals surface area contributed by atoms with E-state index in [0.717, 1.165) is 10.6 Å². The maximum Gasteiger partial charge on any atom is 0.311 e. The van der Waals surface area contributed by atoms with Gasteiger partial charge in [-0.05, 0) is 48.4 Å². The van der Waals surface area contributed by atoms with E-state index in [9.17, 15) is 24.5 Å². The summed E-state index contributed by atoms with van der Waals surface area (Å²) in [5.74, 6) is -1.81. The van der Waals surface area contributed by atoms with Crippen molar-refractivity contribution in [3.05, 3.63) is 99.6 Å². The summed E-state index contributed by atoms with van der Waals surface area (Å²) in [6.07, 6.45) is 1.27. The number of aryl methyl sites for hydroxylation is 1. The Morgan fingerprint density at radius 3 is 2.51 bits per heavy atom. The highest BCUT2D eigenvalue weighted by atomic mass is 16.6. The van der Waals surface area contributed by atoms with Gasteiger partial charge in [0.05, 0.1) is 10.6 Å². The SMILES string of the molecule is Cc1ccccc1NC(=O)COc1ccc(/C=C2/C(=O)NN(c3ccccc3)C2=O)cc1[N+](=O)[O-]. The third-order valence-corrected chi connectivity index (χ3v) is 5.17. The Hall–Kier alpha value is -4.99. The normalized spacial score (nSPS) is 14.1. The molecule has 0 radical (unpaired) electrons. The molecule has 1 aliphatic heterocycles. The summed E-state index contributed by atoms with van der Waals surface area (Å²) in [6, 6.07) is 19.7. The zero-order valence-electron chi connectivity index (χ0n) is 18.6. The number of nitro groups is 1. The van der Waals surface area contributed by atoms with Gasteiger partial charge >= 0.3 is 5.69 Å². The van der Waals surface area contributed by atoms with Crippen molar-refractivity contribution >= 4 is 40.9 Å². The molecule has 10 heteroatoms. The molecule has 0 unspecified atom stereocenters. The smallest absolute Gasteiger partial charge is 0.311 e. The van der Waals surface area contributed by atoms with Crippen molar-refractivity contribution in [2.24, 2.45) is 0 Å². The molecule has 1 aliphatic rings. The molecule has 0 atom stereocenters. The van der Waals surface area contributed by atoms with E-state index in [2.05, 4.69) is 10.7 Å². The molecule has 3 aromatic rings. The van der Waals surface area contributed by atoms with Gasteiger partial charge in [-0.3, -0.25) is 29.9 Å². The Morgan fingerprint density at radius 2 is 1.80 bits per heavy atom. The van der Waals surface area contributed by atoms with E-state index in [0.29, 0.717) is 11.4 Å². The second-order valence-electron chi connectivity index (χ2n) is 7.61. The second kappa shape index (κ2) is 9.87. The molecular formula is C25H20N4O6. The number of hydrogen-bond donors (Lipinski definition) is 2. The van der Waals surface area contributed by atoms with Crippen LogP contribution in [-0.2, 0) is 14.4 Å². The Morgan fingerprint density at radius 1 is 1.09 bits per heavy atom. The molecule has 1 saturated heterocycles. The Labute approximate surface area is 199 Å². The third-order valence-electron chi connectivity index (χ3n) is 5.17. The van der Waals surface area contributed by atoms with Crippen LogP contribution in [0.3, 0.4) is 0 Å². The van der Waals surface area contributed by atoms with Crippen molar-refractivity contribution in [2.75, 3.05) is 16.9 Å². The second-order valence-corrected chi connectivity index (χ2v) is 7.61. The van der Waals surface area contributed by atoms with E-state index in [1.54, 1.807) is 42.5 Å². The first kappa shape index (κ1) is 23.2. The van der Waals surface area contributed by atoms with Crippen LogP contribution in [0.15, 0.2) is 78.4 Å². The summed E-state index contributed by atoms with van der Waals surface area (Å²) >= 11 is 0. The van der Waals surface area contributed by atoms with Crippen molar-refractivity contribution in [1.29, 1.82) is 0 Å². The number of benzene rings is 3. The molecule has 4 rings (SSSR count). The topological polar surface area (TPSA) is 131 Å². The van der Waals surface area contributed by atoms with Gasteiger partial charge in [0.15, 0.2) is 12.4 Å². The van der Waals surface area contributed by atoms with Crippen molar-refractivity contribution in [3.8, 4) is 5.75 Å². The lowest BCUT2D eigenvalue weighted by Gasteiger charge is -2.13. The zero-order valence-corrected chi connectivity index (χ0v) is 18.6. The van der Waals surface area contributed by atoms with Gasteiger partial charge in [0, 0.05) is 11.8 Å². The lowest BCUT2D eigenvalue weighted by molar-refractivity contribution is -0.385. The van der Waals surface area contributed by atoms with E-state index in [1.165, 1.54) is 24.3 Å². The van der Waals surface area contributed by atoms with Gasteiger partial charge in [0.25, 0.3) is 17.7 Å². The quantitative estimate of drug-likeness (QED) is 0.235. The van der Waals surface area contributed by atoms with Crippen LogP contribution in [0.25, 0.3) is 6.08 Å². The Kier molecular flexibility index (Phi) is 6.54. The van der Waals surface area contributed by atoms with Crippen LogP contribution in [0.2, 0.25) is 0 Å². The first-order chi connectivity index (χ1) is 16.8. The standard InChI is InChI=1S/C25H20N4O6/c1-16-7-5-6-10-20(16)26-23(30)15-35-22-12-11-17(14-21(22)29(33)34)13-19-24(31)27-28(25(19)32)18-8-3-2-4-9-18/h2-14H,15H2,1H3,(H,26,30)(H,27,31)/b19-13-. The van der Waals surface area contributed by atoms with Gasteiger partial charge in [-0.15, -0.1) is 0 Å². The number of para-hydroxylation sites is 2. The van der Waals surface area contributed by atoms with Gasteiger partial charge in [0.1, 0.15) is 5.57 Å². The molecule has 0 bridgehead atoms. The molecule has 176 valence electrons. The molecular weight excluding hydrogens is 452 g/mol. The van der Waals surface area contributed by atoms with Crippen LogP contribution >= 0.6 is 0 Å². The highest BCUT2D eigenvalue weighted by molar-refractivity contribution is 6.31. The summed E-state index contributed by atoms with van der Waals surface area (Å²) in [7, 11) is 0. The fraction of sp³-hybridized carbons (Fsp3) is 0.0800. The lowest BCUT2D eigenvalue weighted by atomic mass is 10.1. The van der Waals surface area contributed by atoms with Gasteiger partial charge in [0.2, 0.25) is 0 Å². The van der Waals surface area contributed by atoms with Crippen LogP contribution in [-0.4, -0.2) is 29.3 Å². The average Bonchev–Trinajstić information content (AvgIpc) is 3.13. The largest absolute Gasteiger partial charge is 0.477 e. The number of ether oxygens (including phenoxy) is 1. The maximum absolute atomic E-state index is 12.7. The number of hydrogen-bond acceptors (Lipinski definition) is 6. The van der Waals surface area contributed by atoms with Crippen LogP contribution in [0.1, 0.15) is 11.1 Å². The average molecular weight is 472 g/mol. The van der Waals surface area contributed by atoms with Gasteiger partial charge < -0.3 is 10.1 Å². The van der Waals surface area contributed by atoms with Crippen LogP contribution in [0.5, 0.6) is 5.75 Å². The first-order valence-electron chi connectivity index (χ1n) is 10.5. The fourth-order valence-corrected chi connectivity index (χ4v) is 3.41. The van der Waals surface area contributed by atoms with Crippen molar-refractivity contribution < 1.29 is 24.0 Å². The summed E-state index contributed by atoms with van der Waals surface area (Å²) in [5, 5.41) is 15.4. The summed E-state index contributed by atoms with van der Waals surface area (Å²) in [4.78, 5) is 48.3. The highest BCUT2D eigenvalue weighted by Gasteiger charge is 2.34. The molecule has 1 fully saturated rings. The molecule has 0 aliphatic carbocycles. The Bertz CT molecular complexity index is 1350. The number of amides is 3. The number of rotatable bonds is 7. The monoisotopic (exact) mass is 472 g/mol. The molecule has 0 aromatic heterocycles. The minimum Gasteiger partial charge on any atom is -0.477 e. The molecule has 0 saturated carbocycles. The minimum atomic E-state index is -0.663. The van der Waals surface area contributed by atoms with Crippen LogP contribution in [0, 0.1) is 17.0 Å². The molecule has 1 heterocycles. The summed E-state index contributed by atoms with van der Waals surface area (Å²) in [5.41, 5.74) is 4.09. The number of nitro benzene ring substituents is 1. The molecule has 3 aromatic carbocycles. The highest BCUT2D eigenvalue weighted by Crippen LogP contribution is 2.30. The van der Waals surface area contributed by atoms with Crippen LogP contribution < -0.4 is 20.5 Å². The number of carbonyl (C=O) groups is 3. The molecule has 2 N–H and O–H groups in total. The molecule has 3 amide bonds. The number of nitrogens with zero attached hydrogens (tertiary/aromatic N) is 2. The van der Waals surface area contributed by atoms with E-state index in [4.69, 9.17) is 4.74 Å². The van der Waals surface area contributed by atoms with E-state index in [1.807, 2.05) is 19.1 Å². The van der Waals surface area contributed by atoms with Gasteiger partial charge in [-0.2, -0.15) is 0 Å². The minimum absolute atomic E-state index is 0.120. The lowest BCUT2D eigenvalue weighted by Crippen LogP contribution is -2.35. The predicted molar refractivity (Wildman–Crippen MR) is 128 cm³/mol. The van der Waals surface area contributed by atoms with E-state index >= 15 is 0 Å². The predicted octanol–water partition coefficient (Wildman–Crippen LogP) is 3.38. The van der Waals surface area contributed by atoms with Crippen molar-refractivity contribution in [2.45, 2.75) is 6.92 Å². The summed E-state index contributed by atoms with van der Waals surface area (Å²) in [6.45, 7) is 1.39. The third kappa shape index (κ3) is 5.17. The van der Waals surface area contributed by atoms with Gasteiger partial charge in [-0.25, -0.2) is 5.01 Å².